The first-order valence-corrected chi connectivity index (χ1v) is 5.14. The molecule has 0 spiro atoms. The van der Waals surface area contributed by atoms with Crippen molar-refractivity contribution in [3.05, 3.63) is 33.9 Å². The van der Waals surface area contributed by atoms with Gasteiger partial charge in [-0.15, -0.1) is 0 Å². The van der Waals surface area contributed by atoms with Gasteiger partial charge in [-0.05, 0) is 30.9 Å². The molecule has 86 valence electrons. The van der Waals surface area contributed by atoms with Crippen molar-refractivity contribution in [1.29, 1.82) is 0 Å². The third-order valence-corrected chi connectivity index (χ3v) is 2.85. The molecule has 0 aliphatic heterocycles. The largest absolute Gasteiger partial charge is 0.496 e. The number of rotatable bonds is 4. The third kappa shape index (κ3) is 2.30. The van der Waals surface area contributed by atoms with Crippen molar-refractivity contribution >= 4 is 5.69 Å². The van der Waals surface area contributed by atoms with Crippen LogP contribution >= 0.6 is 0 Å². The van der Waals surface area contributed by atoms with Crippen LogP contribution in [0.15, 0.2) is 18.2 Å². The Balaban J connectivity index is 2.29. The first-order valence-electron chi connectivity index (χ1n) is 5.14. The molecule has 2 N–H and O–H groups in total. The molecular formula is C11H14N2O3. The molecule has 0 radical (unpaired) electrons. The van der Waals surface area contributed by atoms with Gasteiger partial charge in [0.1, 0.15) is 5.75 Å². The fourth-order valence-corrected chi connectivity index (χ4v) is 1.71. The molecule has 0 amide bonds. The maximum atomic E-state index is 10.7. The predicted molar refractivity (Wildman–Crippen MR) is 59.5 cm³/mol. The highest BCUT2D eigenvalue weighted by Crippen LogP contribution is 2.37. The van der Waals surface area contributed by atoms with Crippen LogP contribution in [0.2, 0.25) is 0 Å². The number of ether oxygens (including phenoxy) is 1. The van der Waals surface area contributed by atoms with Gasteiger partial charge in [-0.25, -0.2) is 0 Å². The molecule has 0 saturated heterocycles. The number of hydrogen-bond acceptors (Lipinski definition) is 4. The molecular weight excluding hydrogens is 208 g/mol. The Morgan fingerprint density at radius 3 is 2.69 bits per heavy atom. The summed E-state index contributed by atoms with van der Waals surface area (Å²) in [5, 5.41) is 10.7. The molecule has 0 atom stereocenters. The molecule has 0 heterocycles. The monoisotopic (exact) mass is 222 g/mol. The van der Waals surface area contributed by atoms with Crippen molar-refractivity contribution in [2.75, 3.05) is 7.11 Å². The van der Waals surface area contributed by atoms with Crippen molar-refractivity contribution in [3.63, 3.8) is 0 Å². The molecule has 1 aliphatic rings. The average molecular weight is 222 g/mol. The Labute approximate surface area is 93.4 Å². The quantitative estimate of drug-likeness (QED) is 0.620. The Kier molecular flexibility index (Phi) is 2.55. The fourth-order valence-electron chi connectivity index (χ4n) is 1.71. The van der Waals surface area contributed by atoms with Gasteiger partial charge in [-0.2, -0.15) is 0 Å². The van der Waals surface area contributed by atoms with E-state index < -0.39 is 4.92 Å². The Hall–Kier alpha value is -1.62. The fraction of sp³-hybridized carbons (Fsp3) is 0.455. The van der Waals surface area contributed by atoms with E-state index in [1.165, 1.54) is 13.2 Å². The smallest absolute Gasteiger partial charge is 0.273 e. The molecule has 2 rings (SSSR count). The van der Waals surface area contributed by atoms with Crippen molar-refractivity contribution < 1.29 is 9.66 Å². The topological polar surface area (TPSA) is 78.4 Å². The van der Waals surface area contributed by atoms with Crippen LogP contribution in [0.4, 0.5) is 5.69 Å². The van der Waals surface area contributed by atoms with Gasteiger partial charge in [0.15, 0.2) is 0 Å². The van der Waals surface area contributed by atoms with Crippen LogP contribution in [-0.4, -0.2) is 17.6 Å². The second-order valence-electron chi connectivity index (χ2n) is 4.34. The lowest BCUT2D eigenvalue weighted by Crippen LogP contribution is -2.24. The van der Waals surface area contributed by atoms with Crippen molar-refractivity contribution in [2.45, 2.75) is 24.8 Å². The zero-order valence-electron chi connectivity index (χ0n) is 9.10. The first-order chi connectivity index (χ1) is 7.52. The van der Waals surface area contributed by atoms with Crippen LogP contribution in [0.5, 0.6) is 5.75 Å². The van der Waals surface area contributed by atoms with Gasteiger partial charge in [0.2, 0.25) is 0 Å². The van der Waals surface area contributed by atoms with Crippen LogP contribution in [-0.2, 0) is 6.42 Å². The lowest BCUT2D eigenvalue weighted by atomic mass is 10.0. The first kappa shape index (κ1) is 10.9. The molecule has 1 aromatic carbocycles. The molecule has 5 heteroatoms. The van der Waals surface area contributed by atoms with Crippen LogP contribution < -0.4 is 10.5 Å². The number of hydrogen-bond donors (Lipinski definition) is 1. The van der Waals surface area contributed by atoms with E-state index in [0.717, 1.165) is 18.4 Å². The lowest BCUT2D eigenvalue weighted by Gasteiger charge is -2.09. The van der Waals surface area contributed by atoms with E-state index >= 15 is 0 Å². The molecule has 1 fully saturated rings. The molecule has 16 heavy (non-hydrogen) atoms. The molecule has 1 aliphatic carbocycles. The van der Waals surface area contributed by atoms with Gasteiger partial charge < -0.3 is 10.5 Å². The van der Waals surface area contributed by atoms with Crippen LogP contribution in [0.25, 0.3) is 0 Å². The predicted octanol–water partition coefficient (Wildman–Crippen LogP) is 1.64. The van der Waals surface area contributed by atoms with Gasteiger partial charge in [0.05, 0.1) is 18.1 Å². The van der Waals surface area contributed by atoms with E-state index in [2.05, 4.69) is 0 Å². The summed E-state index contributed by atoms with van der Waals surface area (Å²) in [4.78, 5) is 10.3. The third-order valence-electron chi connectivity index (χ3n) is 2.85. The number of nitrogens with two attached hydrogens (primary N) is 1. The van der Waals surface area contributed by atoms with E-state index in [1.807, 2.05) is 0 Å². The Morgan fingerprint density at radius 2 is 2.19 bits per heavy atom. The second-order valence-corrected chi connectivity index (χ2v) is 4.34. The zero-order chi connectivity index (χ0) is 11.8. The van der Waals surface area contributed by atoms with Gasteiger partial charge in [-0.1, -0.05) is 0 Å². The van der Waals surface area contributed by atoms with Crippen LogP contribution in [0.1, 0.15) is 18.4 Å². The van der Waals surface area contributed by atoms with Crippen molar-refractivity contribution in [1.82, 2.24) is 0 Å². The Morgan fingerprint density at radius 1 is 1.50 bits per heavy atom. The van der Waals surface area contributed by atoms with E-state index in [1.54, 1.807) is 12.1 Å². The summed E-state index contributed by atoms with van der Waals surface area (Å²) in [6, 6.07) is 4.79. The molecule has 1 aromatic rings. The second kappa shape index (κ2) is 3.75. The SMILES string of the molecule is COc1cc(CC2(N)CC2)cc([N+](=O)[O-])c1. The maximum absolute atomic E-state index is 10.7. The number of nitrogens with zero attached hydrogens (tertiary/aromatic N) is 1. The molecule has 5 nitrogen and oxygen atoms in total. The highest BCUT2D eigenvalue weighted by atomic mass is 16.6. The summed E-state index contributed by atoms with van der Waals surface area (Å²) in [5.74, 6) is 0.508. The van der Waals surface area contributed by atoms with Crippen molar-refractivity contribution in [3.8, 4) is 5.75 Å². The lowest BCUT2D eigenvalue weighted by molar-refractivity contribution is -0.385. The van der Waals surface area contributed by atoms with E-state index in [-0.39, 0.29) is 11.2 Å². The Bertz CT molecular complexity index is 427. The van der Waals surface area contributed by atoms with Crippen LogP contribution in [0.3, 0.4) is 0 Å². The highest BCUT2D eigenvalue weighted by Gasteiger charge is 2.38. The minimum atomic E-state index is -0.415. The highest BCUT2D eigenvalue weighted by molar-refractivity contribution is 5.43. The molecule has 0 aromatic heterocycles. The summed E-state index contributed by atoms with van der Waals surface area (Å²) >= 11 is 0. The van der Waals surface area contributed by atoms with Crippen molar-refractivity contribution in [2.24, 2.45) is 5.73 Å². The summed E-state index contributed by atoms with van der Waals surface area (Å²) < 4.78 is 5.04. The number of non-ortho nitro benzene ring substituents is 1. The van der Waals surface area contributed by atoms with Gasteiger partial charge >= 0.3 is 0 Å². The van der Waals surface area contributed by atoms with E-state index in [0.29, 0.717) is 12.2 Å². The van der Waals surface area contributed by atoms with Gasteiger partial charge in [0, 0.05) is 11.6 Å². The number of benzene rings is 1. The summed E-state index contributed by atoms with van der Waals surface area (Å²) in [5.41, 5.74) is 6.75. The minimum Gasteiger partial charge on any atom is -0.496 e. The molecule has 0 unspecified atom stereocenters. The maximum Gasteiger partial charge on any atom is 0.273 e. The standard InChI is InChI=1S/C11H14N2O3/c1-16-10-5-8(7-11(12)2-3-11)4-9(6-10)13(14)15/h4-6H,2-3,7,12H2,1H3. The normalized spacial score (nSPS) is 16.9. The summed E-state index contributed by atoms with van der Waals surface area (Å²) in [6.07, 6.45) is 2.64. The summed E-state index contributed by atoms with van der Waals surface area (Å²) in [7, 11) is 1.50. The van der Waals surface area contributed by atoms with E-state index in [4.69, 9.17) is 10.5 Å². The van der Waals surface area contributed by atoms with E-state index in [9.17, 15) is 10.1 Å². The number of nitro groups is 1. The zero-order valence-corrected chi connectivity index (χ0v) is 9.10. The average Bonchev–Trinajstić information content (AvgIpc) is 2.95. The summed E-state index contributed by atoms with van der Waals surface area (Å²) in [6.45, 7) is 0. The number of nitro benzene ring substituents is 1. The van der Waals surface area contributed by atoms with Gasteiger partial charge in [0.25, 0.3) is 5.69 Å². The number of methoxy groups -OCH3 is 1. The molecule has 0 bridgehead atoms. The molecule has 1 saturated carbocycles. The van der Waals surface area contributed by atoms with Gasteiger partial charge in [-0.3, -0.25) is 10.1 Å². The van der Waals surface area contributed by atoms with Crippen LogP contribution in [0, 0.1) is 10.1 Å². The minimum absolute atomic E-state index is 0.0543.